The summed E-state index contributed by atoms with van der Waals surface area (Å²) < 4.78 is 0. The lowest BCUT2D eigenvalue weighted by atomic mass is 9.85. The molecule has 12 aromatic rings. The highest BCUT2D eigenvalue weighted by Crippen LogP contribution is 2.42. The topological polar surface area (TPSA) is 93.5 Å². The van der Waals surface area contributed by atoms with Gasteiger partial charge in [0.1, 0.15) is 24.0 Å². The second-order valence-electron chi connectivity index (χ2n) is 18.2. The quantitative estimate of drug-likeness (QED) is 0.0995. The molecule has 3 aromatic heterocycles. The molecule has 0 N–H and O–H groups in total. The highest BCUT2D eigenvalue weighted by molar-refractivity contribution is 6.06. The highest BCUT2D eigenvalue weighted by atomic mass is 15.1. The van der Waals surface area contributed by atoms with Gasteiger partial charge in [0.2, 0.25) is 0 Å². The first kappa shape index (κ1) is 47.4. The number of rotatable bonds is 14. The molecule has 0 aliphatic heterocycles. The number of anilines is 3. The average Bonchev–Trinajstić information content (AvgIpc) is 3.52. The van der Waals surface area contributed by atoms with Crippen molar-refractivity contribution in [2.45, 2.75) is 0 Å². The van der Waals surface area contributed by atoms with Gasteiger partial charge in [-0.1, -0.05) is 206 Å². The molecule has 0 aliphatic carbocycles. The van der Waals surface area contributed by atoms with E-state index in [4.69, 9.17) is 15.0 Å². The highest BCUT2D eigenvalue weighted by Gasteiger charge is 2.21. The Hall–Kier alpha value is -10.6. The fourth-order valence-electron chi connectivity index (χ4n) is 9.79. The molecule has 77 heavy (non-hydrogen) atoms. The van der Waals surface area contributed by atoms with Crippen molar-refractivity contribution in [1.29, 1.82) is 0 Å². The lowest BCUT2D eigenvalue weighted by Crippen LogP contribution is -2.10. The molecule has 0 unspecified atom stereocenters. The summed E-state index contributed by atoms with van der Waals surface area (Å²) >= 11 is 0. The summed E-state index contributed by atoms with van der Waals surface area (Å²) in [6.45, 7) is 0. The first-order chi connectivity index (χ1) is 38.2. The first-order valence-corrected chi connectivity index (χ1v) is 25.4. The maximum Gasteiger partial charge on any atom is 0.182 e. The van der Waals surface area contributed by atoms with Gasteiger partial charge in [0.05, 0.1) is 0 Å². The molecule has 0 aliphatic rings. The van der Waals surface area contributed by atoms with E-state index in [0.717, 1.165) is 89.4 Å². The standard InChI is InChI=1S/C69H48N8/c1-7-19-49(20-8-1)63(50-21-9-2-10-22-50)65(53-27-15-5-16-28-53)55-31-37-58(38-32-55)77(60-41-35-57(36-42-60)67-74-68(61-43-45-70-47-72-61)76-69(75-67)62-44-46-71-48-73-62)59-39-33-56(34-40-59)66(54-29-17-6-18-30-54)64(51-23-11-3-12-24-51)52-25-13-4-14-26-52/h1-48H. The van der Waals surface area contributed by atoms with Crippen LogP contribution in [0.1, 0.15) is 44.5 Å². The molecule has 9 aromatic carbocycles. The predicted molar refractivity (Wildman–Crippen MR) is 311 cm³/mol. The van der Waals surface area contributed by atoms with Crippen LogP contribution < -0.4 is 4.90 Å². The molecule has 12 rings (SSSR count). The van der Waals surface area contributed by atoms with Gasteiger partial charge in [0, 0.05) is 35.0 Å². The van der Waals surface area contributed by atoms with Crippen molar-refractivity contribution >= 4 is 39.4 Å². The summed E-state index contributed by atoms with van der Waals surface area (Å²) in [5, 5.41) is 0. The lowest BCUT2D eigenvalue weighted by Gasteiger charge is -2.27. The van der Waals surface area contributed by atoms with Crippen LogP contribution >= 0.6 is 0 Å². The minimum atomic E-state index is 0.412. The normalized spacial score (nSPS) is 10.9. The summed E-state index contributed by atoms with van der Waals surface area (Å²) in [7, 11) is 0. The first-order valence-electron chi connectivity index (χ1n) is 25.4. The van der Waals surface area contributed by atoms with Gasteiger partial charge in [0.15, 0.2) is 17.5 Å². The Morgan fingerprint density at radius 1 is 0.247 bits per heavy atom. The largest absolute Gasteiger partial charge is 0.311 e. The predicted octanol–water partition coefficient (Wildman–Crippen LogP) is 15.9. The van der Waals surface area contributed by atoms with E-state index in [2.05, 4.69) is 280 Å². The molecular weight excluding hydrogens is 941 g/mol. The van der Waals surface area contributed by atoms with Gasteiger partial charge in [-0.3, -0.25) is 0 Å². The van der Waals surface area contributed by atoms with E-state index in [1.54, 1.807) is 24.5 Å². The number of nitrogens with zero attached hydrogens (tertiary/aromatic N) is 8. The Labute approximate surface area is 447 Å². The second-order valence-corrected chi connectivity index (χ2v) is 18.2. The van der Waals surface area contributed by atoms with Crippen molar-refractivity contribution in [3.8, 4) is 34.4 Å². The summed E-state index contributed by atoms with van der Waals surface area (Å²) in [6.07, 6.45) is 6.32. The summed E-state index contributed by atoms with van der Waals surface area (Å²) in [5.74, 6) is 1.31. The number of aromatic nitrogens is 7. The SMILES string of the molecule is c1ccc(C(=C(c2ccccc2)c2ccc(N(c3ccc(C(=C(c4ccccc4)c4ccccc4)c4ccccc4)cc3)c3ccc(-c4nc(-c5ccncn5)nc(-c5ccncn5)n4)cc3)cc2)c2ccccc2)cc1. The van der Waals surface area contributed by atoms with Crippen LogP contribution in [0.4, 0.5) is 17.1 Å². The van der Waals surface area contributed by atoms with Crippen molar-refractivity contribution in [2.24, 2.45) is 0 Å². The van der Waals surface area contributed by atoms with Gasteiger partial charge in [-0.2, -0.15) is 0 Å². The Balaban J connectivity index is 1.01. The van der Waals surface area contributed by atoms with E-state index in [9.17, 15) is 0 Å². The molecule has 3 heterocycles. The van der Waals surface area contributed by atoms with Crippen molar-refractivity contribution in [2.75, 3.05) is 4.90 Å². The minimum Gasteiger partial charge on any atom is -0.311 e. The van der Waals surface area contributed by atoms with E-state index in [1.807, 2.05) is 0 Å². The third-order valence-electron chi connectivity index (χ3n) is 13.3. The minimum absolute atomic E-state index is 0.412. The molecular formula is C69H48N8. The van der Waals surface area contributed by atoms with Crippen molar-refractivity contribution < 1.29 is 0 Å². The molecule has 0 atom stereocenters. The Morgan fingerprint density at radius 3 is 0.779 bits per heavy atom. The van der Waals surface area contributed by atoms with Gasteiger partial charge < -0.3 is 4.90 Å². The van der Waals surface area contributed by atoms with Crippen LogP contribution in [0.3, 0.4) is 0 Å². The van der Waals surface area contributed by atoms with E-state index in [0.29, 0.717) is 28.9 Å². The molecule has 8 heteroatoms. The summed E-state index contributed by atoms with van der Waals surface area (Å²) in [6, 6.07) is 93.8. The molecule has 8 nitrogen and oxygen atoms in total. The zero-order valence-corrected chi connectivity index (χ0v) is 41.8. The van der Waals surface area contributed by atoms with Gasteiger partial charge in [-0.25, -0.2) is 34.9 Å². The molecule has 364 valence electrons. The van der Waals surface area contributed by atoms with E-state index < -0.39 is 0 Å². The van der Waals surface area contributed by atoms with Crippen LogP contribution in [0, 0.1) is 0 Å². The van der Waals surface area contributed by atoms with Crippen LogP contribution in [-0.4, -0.2) is 34.9 Å². The van der Waals surface area contributed by atoms with E-state index in [-0.39, 0.29) is 0 Å². The van der Waals surface area contributed by atoms with Crippen molar-refractivity contribution in [3.63, 3.8) is 0 Å². The van der Waals surface area contributed by atoms with E-state index in [1.165, 1.54) is 12.7 Å². The van der Waals surface area contributed by atoms with Gasteiger partial charge in [0.25, 0.3) is 0 Å². The zero-order valence-electron chi connectivity index (χ0n) is 41.8. The molecule has 0 bridgehead atoms. The smallest absolute Gasteiger partial charge is 0.182 e. The molecule has 0 saturated carbocycles. The number of hydrogen-bond acceptors (Lipinski definition) is 8. The fraction of sp³-hybridized carbons (Fsp3) is 0. The zero-order chi connectivity index (χ0) is 51.6. The third-order valence-corrected chi connectivity index (χ3v) is 13.3. The van der Waals surface area contributed by atoms with Crippen LogP contribution in [0.2, 0.25) is 0 Å². The molecule has 0 radical (unpaired) electrons. The number of benzene rings is 9. The Bertz CT molecular complexity index is 3620. The van der Waals surface area contributed by atoms with Crippen molar-refractivity contribution in [3.05, 3.63) is 336 Å². The maximum absolute atomic E-state index is 4.93. The molecule has 0 spiro atoms. The van der Waals surface area contributed by atoms with Gasteiger partial charge in [-0.15, -0.1) is 0 Å². The van der Waals surface area contributed by atoms with E-state index >= 15 is 0 Å². The number of hydrogen-bond donors (Lipinski definition) is 0. The Kier molecular flexibility index (Phi) is 13.7. The monoisotopic (exact) mass is 988 g/mol. The van der Waals surface area contributed by atoms with Crippen LogP contribution in [0.15, 0.2) is 292 Å². The van der Waals surface area contributed by atoms with Gasteiger partial charge in [-0.05, 0) is 127 Å². The maximum atomic E-state index is 4.93. The van der Waals surface area contributed by atoms with Crippen molar-refractivity contribution in [1.82, 2.24) is 34.9 Å². The molecule has 0 fully saturated rings. The molecule has 0 saturated heterocycles. The van der Waals surface area contributed by atoms with Gasteiger partial charge >= 0.3 is 0 Å². The van der Waals surface area contributed by atoms with Crippen LogP contribution in [-0.2, 0) is 0 Å². The fourth-order valence-corrected chi connectivity index (χ4v) is 9.79. The lowest BCUT2D eigenvalue weighted by molar-refractivity contribution is 1.03. The summed E-state index contributed by atoms with van der Waals surface area (Å²) in [4.78, 5) is 34.1. The van der Waals surface area contributed by atoms with Crippen LogP contribution in [0.25, 0.3) is 56.7 Å². The third kappa shape index (κ3) is 10.4. The summed E-state index contributed by atoms with van der Waals surface area (Å²) in [5.41, 5.74) is 18.4. The average molecular weight is 989 g/mol. The Morgan fingerprint density at radius 2 is 0.506 bits per heavy atom. The van der Waals surface area contributed by atoms with Crippen LogP contribution in [0.5, 0.6) is 0 Å². The molecule has 0 amide bonds. The second kappa shape index (κ2) is 22.3.